The van der Waals surface area contributed by atoms with Gasteiger partial charge in [0.2, 0.25) is 6.79 Å². The minimum absolute atomic E-state index is 0.203. The van der Waals surface area contributed by atoms with Gasteiger partial charge in [0.25, 0.3) is 0 Å². The van der Waals surface area contributed by atoms with Gasteiger partial charge in [-0.2, -0.15) is 0 Å². The Morgan fingerprint density at radius 1 is 1.42 bits per heavy atom. The molecular formula is C13H12ClNO4. The predicted octanol–water partition coefficient (Wildman–Crippen LogP) is 2.34. The fraction of sp³-hybridized carbons (Fsp3) is 0.308. The van der Waals surface area contributed by atoms with E-state index in [1.807, 2.05) is 12.1 Å². The Morgan fingerprint density at radius 2 is 2.16 bits per heavy atom. The van der Waals surface area contributed by atoms with Gasteiger partial charge in [-0.25, -0.2) is 4.79 Å². The van der Waals surface area contributed by atoms with E-state index in [1.54, 1.807) is 13.0 Å². The molecule has 19 heavy (non-hydrogen) atoms. The van der Waals surface area contributed by atoms with Crippen molar-refractivity contribution in [3.05, 3.63) is 23.3 Å². The fourth-order valence-electron chi connectivity index (χ4n) is 2.09. The Balaban J connectivity index is 2.00. The number of rotatable bonds is 2. The Bertz CT molecular complexity index is 570. The fourth-order valence-corrected chi connectivity index (χ4v) is 2.36. The smallest absolute Gasteiger partial charge is 0.335 e. The lowest BCUT2D eigenvalue weighted by Crippen LogP contribution is -2.24. The van der Waals surface area contributed by atoms with Crippen LogP contribution in [0.2, 0.25) is 0 Å². The molecule has 0 N–H and O–H groups in total. The molecular weight excluding hydrogens is 270 g/mol. The number of benzene rings is 1. The van der Waals surface area contributed by atoms with E-state index in [-0.39, 0.29) is 12.8 Å². The first-order valence-corrected chi connectivity index (χ1v) is 6.27. The SMILES string of the molecule is CCOC(=O)C1=Cc2cc3c(cc2N(Cl)C1)OCO3. The Kier molecular flexibility index (Phi) is 2.98. The molecule has 3 rings (SSSR count). The number of ether oxygens (including phenoxy) is 3. The molecule has 0 radical (unpaired) electrons. The largest absolute Gasteiger partial charge is 0.463 e. The molecule has 0 aromatic heterocycles. The maximum absolute atomic E-state index is 11.8. The van der Waals surface area contributed by atoms with Gasteiger partial charge in [0.05, 0.1) is 24.4 Å². The Hall–Kier alpha value is -1.88. The summed E-state index contributed by atoms with van der Waals surface area (Å²) in [6.07, 6.45) is 1.77. The lowest BCUT2D eigenvalue weighted by atomic mass is 10.0. The highest BCUT2D eigenvalue weighted by Crippen LogP contribution is 2.41. The summed E-state index contributed by atoms with van der Waals surface area (Å²) in [5.74, 6) is 0.971. The van der Waals surface area contributed by atoms with E-state index < -0.39 is 0 Å². The molecule has 0 unspecified atom stereocenters. The maximum Gasteiger partial charge on any atom is 0.335 e. The monoisotopic (exact) mass is 281 g/mol. The number of fused-ring (bicyclic) bond motifs is 2. The maximum atomic E-state index is 11.8. The highest BCUT2D eigenvalue weighted by atomic mass is 35.5. The minimum Gasteiger partial charge on any atom is -0.463 e. The van der Waals surface area contributed by atoms with Crippen LogP contribution < -0.4 is 13.9 Å². The van der Waals surface area contributed by atoms with Gasteiger partial charge in [-0.15, -0.1) is 0 Å². The number of hydrogen-bond donors (Lipinski definition) is 0. The molecule has 0 spiro atoms. The van der Waals surface area contributed by atoms with Crippen molar-refractivity contribution >= 4 is 29.5 Å². The zero-order chi connectivity index (χ0) is 13.4. The summed E-state index contributed by atoms with van der Waals surface area (Å²) in [5.41, 5.74) is 2.12. The van der Waals surface area contributed by atoms with Crippen LogP contribution in [0.15, 0.2) is 17.7 Å². The molecule has 100 valence electrons. The molecule has 2 heterocycles. The second kappa shape index (κ2) is 4.66. The summed E-state index contributed by atoms with van der Waals surface area (Å²) in [6, 6.07) is 3.62. The standard InChI is InChI=1S/C13H12ClNO4/c1-2-17-13(16)9-3-8-4-11-12(19-7-18-11)5-10(8)15(14)6-9/h3-5H,2,6-7H2,1H3. The van der Waals surface area contributed by atoms with Crippen LogP contribution in [0.4, 0.5) is 5.69 Å². The first-order chi connectivity index (χ1) is 9.19. The molecule has 0 atom stereocenters. The van der Waals surface area contributed by atoms with Gasteiger partial charge >= 0.3 is 5.97 Å². The van der Waals surface area contributed by atoms with Gasteiger partial charge in [0.1, 0.15) is 0 Å². The molecule has 0 amide bonds. The molecule has 0 fully saturated rings. The Morgan fingerprint density at radius 3 is 2.89 bits per heavy atom. The van der Waals surface area contributed by atoms with Crippen LogP contribution in [-0.2, 0) is 9.53 Å². The quantitative estimate of drug-likeness (QED) is 0.615. The van der Waals surface area contributed by atoms with E-state index in [0.29, 0.717) is 30.2 Å². The number of carbonyl (C=O) groups excluding carboxylic acids is 1. The third-order valence-electron chi connectivity index (χ3n) is 2.96. The van der Waals surface area contributed by atoms with Gasteiger partial charge in [0, 0.05) is 23.4 Å². The Labute approximate surface area is 115 Å². The normalized spacial score (nSPS) is 15.9. The van der Waals surface area contributed by atoms with Crippen LogP contribution in [0.3, 0.4) is 0 Å². The van der Waals surface area contributed by atoms with E-state index in [2.05, 4.69) is 0 Å². The molecule has 0 bridgehead atoms. The van der Waals surface area contributed by atoms with E-state index in [1.165, 1.54) is 4.42 Å². The number of carbonyl (C=O) groups is 1. The summed E-state index contributed by atoms with van der Waals surface area (Å²) < 4.78 is 17.1. The first kappa shape index (κ1) is 12.2. The van der Waals surface area contributed by atoms with E-state index in [0.717, 1.165) is 11.3 Å². The predicted molar refractivity (Wildman–Crippen MR) is 70.4 cm³/mol. The summed E-state index contributed by atoms with van der Waals surface area (Å²) in [4.78, 5) is 11.8. The van der Waals surface area contributed by atoms with Gasteiger partial charge in [-0.1, -0.05) is 0 Å². The van der Waals surface area contributed by atoms with Crippen molar-refractivity contribution in [2.75, 3.05) is 24.4 Å². The minimum atomic E-state index is -0.350. The summed E-state index contributed by atoms with van der Waals surface area (Å²) >= 11 is 6.18. The molecule has 6 heteroatoms. The number of nitrogens with zero attached hydrogens (tertiary/aromatic N) is 1. The van der Waals surface area contributed by atoms with Crippen molar-refractivity contribution in [3.63, 3.8) is 0 Å². The highest BCUT2D eigenvalue weighted by Gasteiger charge is 2.25. The topological polar surface area (TPSA) is 48.0 Å². The van der Waals surface area contributed by atoms with Crippen molar-refractivity contribution in [2.45, 2.75) is 6.92 Å². The van der Waals surface area contributed by atoms with Crippen LogP contribution >= 0.6 is 11.8 Å². The second-order valence-corrected chi connectivity index (χ2v) is 4.58. The summed E-state index contributed by atoms with van der Waals surface area (Å²) in [7, 11) is 0. The van der Waals surface area contributed by atoms with Crippen molar-refractivity contribution in [1.82, 2.24) is 0 Å². The van der Waals surface area contributed by atoms with E-state index in [4.69, 9.17) is 26.0 Å². The van der Waals surface area contributed by atoms with Gasteiger partial charge in [-0.05, 0) is 19.1 Å². The molecule has 1 aromatic rings. The van der Waals surface area contributed by atoms with Crippen molar-refractivity contribution in [2.24, 2.45) is 0 Å². The van der Waals surface area contributed by atoms with Gasteiger partial charge in [-0.3, -0.25) is 4.42 Å². The van der Waals surface area contributed by atoms with Crippen LogP contribution in [0, 0.1) is 0 Å². The molecule has 0 saturated heterocycles. The molecule has 0 saturated carbocycles. The van der Waals surface area contributed by atoms with Crippen molar-refractivity contribution in [1.29, 1.82) is 0 Å². The molecule has 0 aliphatic carbocycles. The average molecular weight is 282 g/mol. The van der Waals surface area contributed by atoms with E-state index in [9.17, 15) is 4.79 Å². The van der Waals surface area contributed by atoms with E-state index >= 15 is 0 Å². The van der Waals surface area contributed by atoms with Gasteiger partial charge in [0.15, 0.2) is 11.5 Å². The number of esters is 1. The average Bonchev–Trinajstić information content (AvgIpc) is 2.84. The highest BCUT2D eigenvalue weighted by molar-refractivity contribution is 6.27. The van der Waals surface area contributed by atoms with Crippen LogP contribution in [0.5, 0.6) is 11.5 Å². The van der Waals surface area contributed by atoms with Crippen LogP contribution in [0.25, 0.3) is 6.08 Å². The third kappa shape index (κ3) is 2.10. The van der Waals surface area contributed by atoms with Crippen LogP contribution in [-0.4, -0.2) is 25.9 Å². The number of halogens is 1. The summed E-state index contributed by atoms with van der Waals surface area (Å²) in [5, 5.41) is 0. The molecule has 1 aromatic carbocycles. The second-order valence-electron chi connectivity index (χ2n) is 4.17. The molecule has 2 aliphatic heterocycles. The summed E-state index contributed by atoms with van der Waals surface area (Å²) in [6.45, 7) is 2.61. The van der Waals surface area contributed by atoms with Crippen molar-refractivity contribution in [3.8, 4) is 11.5 Å². The third-order valence-corrected chi connectivity index (χ3v) is 3.26. The lowest BCUT2D eigenvalue weighted by molar-refractivity contribution is -0.138. The number of anilines is 1. The first-order valence-electron chi connectivity index (χ1n) is 5.93. The van der Waals surface area contributed by atoms with Crippen molar-refractivity contribution < 1.29 is 19.0 Å². The zero-order valence-corrected chi connectivity index (χ0v) is 11.1. The lowest BCUT2D eigenvalue weighted by Gasteiger charge is -2.24. The van der Waals surface area contributed by atoms with Crippen LogP contribution in [0.1, 0.15) is 12.5 Å². The zero-order valence-electron chi connectivity index (χ0n) is 10.3. The molecule has 2 aliphatic rings. The molecule has 5 nitrogen and oxygen atoms in total. The van der Waals surface area contributed by atoms with Gasteiger partial charge < -0.3 is 14.2 Å². The number of hydrogen-bond acceptors (Lipinski definition) is 5.